The molecule has 0 aromatic carbocycles. The summed E-state index contributed by atoms with van der Waals surface area (Å²) in [5.74, 6) is 1.75. The van der Waals surface area contributed by atoms with Gasteiger partial charge in [0.1, 0.15) is 4.83 Å². The molecule has 5 nitrogen and oxygen atoms in total. The standard InChI is InChI=1S/C13H17N3O2S/c1-8-5-10-11(18-7-9-3-4-17-6-9)15-13(14-2)16-12(10)19-8/h5,9H,3-4,6-7H2,1-2H3,(H,14,15,16). The summed E-state index contributed by atoms with van der Waals surface area (Å²) in [5.41, 5.74) is 0. The fraction of sp³-hybridized carbons (Fsp3) is 0.538. The topological polar surface area (TPSA) is 56.3 Å². The minimum Gasteiger partial charge on any atom is -0.477 e. The van der Waals surface area contributed by atoms with Gasteiger partial charge in [-0.1, -0.05) is 0 Å². The molecular formula is C13H17N3O2S. The second kappa shape index (κ2) is 5.30. The fourth-order valence-corrected chi connectivity index (χ4v) is 3.02. The van der Waals surface area contributed by atoms with E-state index < -0.39 is 0 Å². The van der Waals surface area contributed by atoms with E-state index in [0.29, 0.717) is 24.4 Å². The van der Waals surface area contributed by atoms with Crippen LogP contribution in [0.2, 0.25) is 0 Å². The molecule has 2 aromatic rings. The van der Waals surface area contributed by atoms with Gasteiger partial charge < -0.3 is 14.8 Å². The zero-order valence-corrected chi connectivity index (χ0v) is 11.9. The number of nitrogens with one attached hydrogen (secondary N) is 1. The maximum atomic E-state index is 5.89. The molecular weight excluding hydrogens is 262 g/mol. The van der Waals surface area contributed by atoms with Crippen LogP contribution in [0.4, 0.5) is 5.95 Å². The van der Waals surface area contributed by atoms with Crippen molar-refractivity contribution in [1.82, 2.24) is 9.97 Å². The minimum absolute atomic E-state index is 0.475. The van der Waals surface area contributed by atoms with Crippen molar-refractivity contribution < 1.29 is 9.47 Å². The van der Waals surface area contributed by atoms with E-state index in [2.05, 4.69) is 28.3 Å². The molecule has 1 atom stereocenters. The lowest BCUT2D eigenvalue weighted by molar-refractivity contribution is 0.166. The summed E-state index contributed by atoms with van der Waals surface area (Å²) >= 11 is 1.66. The van der Waals surface area contributed by atoms with E-state index in [9.17, 15) is 0 Å². The van der Waals surface area contributed by atoms with Crippen LogP contribution in [-0.2, 0) is 4.74 Å². The van der Waals surface area contributed by atoms with E-state index in [0.717, 1.165) is 29.9 Å². The van der Waals surface area contributed by atoms with Crippen molar-refractivity contribution in [3.8, 4) is 5.88 Å². The van der Waals surface area contributed by atoms with Crippen molar-refractivity contribution in [3.05, 3.63) is 10.9 Å². The van der Waals surface area contributed by atoms with Gasteiger partial charge in [0.15, 0.2) is 0 Å². The molecule has 1 aliphatic rings. The highest BCUT2D eigenvalue weighted by atomic mass is 32.1. The molecule has 0 bridgehead atoms. The first-order chi connectivity index (χ1) is 9.26. The third kappa shape index (κ3) is 2.64. The van der Waals surface area contributed by atoms with Crippen LogP contribution < -0.4 is 10.1 Å². The number of hydrogen-bond donors (Lipinski definition) is 1. The Morgan fingerprint density at radius 1 is 1.53 bits per heavy atom. The van der Waals surface area contributed by atoms with E-state index in [1.807, 2.05) is 7.05 Å². The van der Waals surface area contributed by atoms with Gasteiger partial charge in [-0.25, -0.2) is 4.98 Å². The molecule has 0 saturated carbocycles. The van der Waals surface area contributed by atoms with Crippen molar-refractivity contribution in [3.63, 3.8) is 0 Å². The second-order valence-electron chi connectivity index (χ2n) is 4.72. The highest BCUT2D eigenvalue weighted by Crippen LogP contribution is 2.31. The minimum atomic E-state index is 0.475. The first-order valence-corrected chi connectivity index (χ1v) is 7.24. The highest BCUT2D eigenvalue weighted by Gasteiger charge is 2.18. The molecule has 6 heteroatoms. The molecule has 19 heavy (non-hydrogen) atoms. The molecule has 102 valence electrons. The molecule has 1 fully saturated rings. The van der Waals surface area contributed by atoms with Gasteiger partial charge in [-0.2, -0.15) is 4.98 Å². The lowest BCUT2D eigenvalue weighted by Gasteiger charge is -2.11. The number of aromatic nitrogens is 2. The van der Waals surface area contributed by atoms with Gasteiger partial charge in [-0.15, -0.1) is 11.3 Å². The van der Waals surface area contributed by atoms with Crippen LogP contribution in [0.3, 0.4) is 0 Å². The Kier molecular flexibility index (Phi) is 3.52. The molecule has 1 aliphatic heterocycles. The van der Waals surface area contributed by atoms with E-state index in [4.69, 9.17) is 9.47 Å². The zero-order valence-electron chi connectivity index (χ0n) is 11.1. The average Bonchev–Trinajstić information content (AvgIpc) is 3.03. The lowest BCUT2D eigenvalue weighted by atomic mass is 10.1. The van der Waals surface area contributed by atoms with E-state index >= 15 is 0 Å². The van der Waals surface area contributed by atoms with Crippen LogP contribution >= 0.6 is 11.3 Å². The van der Waals surface area contributed by atoms with Crippen molar-refractivity contribution >= 4 is 27.5 Å². The van der Waals surface area contributed by atoms with Crippen molar-refractivity contribution in [2.75, 3.05) is 32.2 Å². The summed E-state index contributed by atoms with van der Waals surface area (Å²) in [5, 5.41) is 3.98. The molecule has 1 saturated heterocycles. The molecule has 3 heterocycles. The number of nitrogens with zero attached hydrogens (tertiary/aromatic N) is 2. The summed E-state index contributed by atoms with van der Waals surface area (Å²) in [6, 6.07) is 2.08. The summed E-state index contributed by atoms with van der Waals surface area (Å²) in [6.07, 6.45) is 1.07. The molecule has 0 radical (unpaired) electrons. The van der Waals surface area contributed by atoms with Crippen LogP contribution in [-0.4, -0.2) is 36.8 Å². The summed E-state index contributed by atoms with van der Waals surface area (Å²) in [7, 11) is 1.82. The fourth-order valence-electron chi connectivity index (χ4n) is 2.15. The first-order valence-electron chi connectivity index (χ1n) is 6.42. The highest BCUT2D eigenvalue weighted by molar-refractivity contribution is 7.18. The van der Waals surface area contributed by atoms with E-state index in [-0.39, 0.29) is 0 Å². The molecule has 0 aliphatic carbocycles. The number of thiophene rings is 1. The predicted octanol–water partition coefficient (Wildman–Crippen LogP) is 2.46. The number of aryl methyl sites for hydroxylation is 1. The average molecular weight is 279 g/mol. The molecule has 0 spiro atoms. The SMILES string of the molecule is CNc1nc(OCC2CCOC2)c2cc(C)sc2n1. The van der Waals surface area contributed by atoms with Gasteiger partial charge >= 0.3 is 0 Å². The largest absolute Gasteiger partial charge is 0.477 e. The van der Waals surface area contributed by atoms with E-state index in [1.54, 1.807) is 11.3 Å². The van der Waals surface area contributed by atoms with Crippen molar-refractivity contribution in [2.24, 2.45) is 5.92 Å². The monoisotopic (exact) mass is 279 g/mol. The maximum absolute atomic E-state index is 5.89. The molecule has 2 aromatic heterocycles. The number of fused-ring (bicyclic) bond motifs is 1. The van der Waals surface area contributed by atoms with E-state index in [1.165, 1.54) is 4.88 Å². The third-order valence-corrected chi connectivity index (χ3v) is 4.13. The van der Waals surface area contributed by atoms with Crippen LogP contribution in [0, 0.1) is 12.8 Å². The van der Waals surface area contributed by atoms with Gasteiger partial charge in [0.05, 0.1) is 18.6 Å². The Morgan fingerprint density at radius 2 is 2.42 bits per heavy atom. The van der Waals surface area contributed by atoms with Gasteiger partial charge in [0.25, 0.3) is 0 Å². The van der Waals surface area contributed by atoms with Crippen LogP contribution in [0.5, 0.6) is 5.88 Å². The lowest BCUT2D eigenvalue weighted by Crippen LogP contribution is -2.13. The maximum Gasteiger partial charge on any atom is 0.227 e. The third-order valence-electron chi connectivity index (χ3n) is 3.18. The summed E-state index contributed by atoms with van der Waals surface area (Å²) in [4.78, 5) is 11.0. The number of ether oxygens (including phenoxy) is 2. The zero-order chi connectivity index (χ0) is 13.2. The van der Waals surface area contributed by atoms with Crippen molar-refractivity contribution in [1.29, 1.82) is 0 Å². The molecule has 3 rings (SSSR count). The molecule has 0 amide bonds. The van der Waals surface area contributed by atoms with Crippen LogP contribution in [0.15, 0.2) is 6.07 Å². The Bertz CT molecular complexity index is 579. The molecule has 1 unspecified atom stereocenters. The summed E-state index contributed by atoms with van der Waals surface area (Å²) in [6.45, 7) is 4.35. The Morgan fingerprint density at radius 3 is 3.16 bits per heavy atom. The van der Waals surface area contributed by atoms with Gasteiger partial charge in [0.2, 0.25) is 11.8 Å². The second-order valence-corrected chi connectivity index (χ2v) is 5.95. The van der Waals surface area contributed by atoms with Crippen molar-refractivity contribution in [2.45, 2.75) is 13.3 Å². The Hall–Kier alpha value is -1.40. The number of anilines is 1. The smallest absolute Gasteiger partial charge is 0.227 e. The van der Waals surface area contributed by atoms with Gasteiger partial charge in [-0.05, 0) is 19.4 Å². The normalized spacial score (nSPS) is 18.9. The first kappa shape index (κ1) is 12.6. The van der Waals surface area contributed by atoms with Crippen LogP contribution in [0.25, 0.3) is 10.2 Å². The van der Waals surface area contributed by atoms with Gasteiger partial charge in [0, 0.05) is 24.4 Å². The van der Waals surface area contributed by atoms with Crippen LogP contribution in [0.1, 0.15) is 11.3 Å². The number of hydrogen-bond acceptors (Lipinski definition) is 6. The number of rotatable bonds is 4. The van der Waals surface area contributed by atoms with Gasteiger partial charge in [-0.3, -0.25) is 0 Å². The Labute approximate surface area is 116 Å². The molecule has 1 N–H and O–H groups in total. The Balaban J connectivity index is 1.86. The summed E-state index contributed by atoms with van der Waals surface area (Å²) < 4.78 is 11.3. The quantitative estimate of drug-likeness (QED) is 0.931. The predicted molar refractivity (Wildman–Crippen MR) is 76.1 cm³/mol.